The second kappa shape index (κ2) is 5.73. The van der Waals surface area contributed by atoms with Gasteiger partial charge in [0.2, 0.25) is 5.88 Å². The molecule has 0 saturated heterocycles. The van der Waals surface area contributed by atoms with Gasteiger partial charge in [0.05, 0.1) is 29.4 Å². The fourth-order valence-electron chi connectivity index (χ4n) is 2.62. The molecule has 0 atom stereocenters. The summed E-state index contributed by atoms with van der Waals surface area (Å²) in [6.07, 6.45) is 1.68. The molecule has 0 fully saturated rings. The van der Waals surface area contributed by atoms with Crippen molar-refractivity contribution in [2.75, 3.05) is 7.11 Å². The largest absolute Gasteiger partial charge is 0.480 e. The van der Waals surface area contributed by atoms with Crippen molar-refractivity contribution in [3.8, 4) is 23.2 Å². The van der Waals surface area contributed by atoms with Gasteiger partial charge in [-0.25, -0.2) is 9.97 Å². The standard InChI is InChI=1S/C18H18N4O/c1-10(2)14-6-5-13(18(21-14)23-4)16-11(3)7-15-17(22-16)12(8-19)9-20-15/h5-7,9-10,20H,1-4H3. The number of aromatic nitrogens is 3. The molecule has 0 radical (unpaired) electrons. The number of rotatable bonds is 3. The Bertz CT molecular complexity index is 919. The van der Waals surface area contributed by atoms with E-state index in [1.807, 2.05) is 25.1 Å². The topological polar surface area (TPSA) is 74.6 Å². The molecule has 3 rings (SSSR count). The minimum atomic E-state index is 0.323. The number of fused-ring (bicyclic) bond motifs is 1. The fourth-order valence-corrected chi connectivity index (χ4v) is 2.62. The Labute approximate surface area is 135 Å². The second-order valence-electron chi connectivity index (χ2n) is 5.81. The molecule has 1 N–H and O–H groups in total. The van der Waals surface area contributed by atoms with E-state index in [-0.39, 0.29) is 0 Å². The summed E-state index contributed by atoms with van der Waals surface area (Å²) in [6.45, 7) is 6.18. The van der Waals surface area contributed by atoms with Gasteiger partial charge in [-0.1, -0.05) is 13.8 Å². The molecule has 3 aromatic heterocycles. The zero-order valence-electron chi connectivity index (χ0n) is 13.6. The molecule has 3 aromatic rings. The van der Waals surface area contributed by atoms with Crippen LogP contribution in [0.5, 0.6) is 5.88 Å². The number of nitrogens with zero attached hydrogens (tertiary/aromatic N) is 3. The van der Waals surface area contributed by atoms with Crippen molar-refractivity contribution in [3.63, 3.8) is 0 Å². The maximum atomic E-state index is 9.21. The van der Waals surface area contributed by atoms with E-state index in [2.05, 4.69) is 34.9 Å². The van der Waals surface area contributed by atoms with Gasteiger partial charge in [-0.15, -0.1) is 0 Å². The van der Waals surface area contributed by atoms with Crippen LogP contribution in [0, 0.1) is 18.3 Å². The average molecular weight is 306 g/mol. The van der Waals surface area contributed by atoms with E-state index in [0.717, 1.165) is 28.0 Å². The Morgan fingerprint density at radius 3 is 2.70 bits per heavy atom. The van der Waals surface area contributed by atoms with Crippen LogP contribution in [0.3, 0.4) is 0 Å². The van der Waals surface area contributed by atoms with Gasteiger partial charge in [0.25, 0.3) is 0 Å². The number of aryl methyl sites for hydroxylation is 1. The molecule has 0 unspecified atom stereocenters. The quantitative estimate of drug-likeness (QED) is 0.795. The lowest BCUT2D eigenvalue weighted by Crippen LogP contribution is -2.00. The summed E-state index contributed by atoms with van der Waals surface area (Å²) in [5.41, 5.74) is 5.66. The highest BCUT2D eigenvalue weighted by atomic mass is 16.5. The number of hydrogen-bond acceptors (Lipinski definition) is 4. The number of nitriles is 1. The lowest BCUT2D eigenvalue weighted by molar-refractivity contribution is 0.397. The number of nitrogens with one attached hydrogen (secondary N) is 1. The van der Waals surface area contributed by atoms with Gasteiger partial charge in [-0.05, 0) is 36.6 Å². The summed E-state index contributed by atoms with van der Waals surface area (Å²) >= 11 is 0. The summed E-state index contributed by atoms with van der Waals surface area (Å²) in [5.74, 6) is 0.879. The first-order valence-corrected chi connectivity index (χ1v) is 7.49. The first-order chi connectivity index (χ1) is 11.0. The predicted octanol–water partition coefficient (Wildman–Crippen LogP) is 3.94. The second-order valence-corrected chi connectivity index (χ2v) is 5.81. The molecule has 0 saturated carbocycles. The van der Waals surface area contributed by atoms with Crippen LogP contribution in [0.15, 0.2) is 24.4 Å². The third-order valence-electron chi connectivity index (χ3n) is 3.88. The summed E-state index contributed by atoms with van der Waals surface area (Å²) in [6, 6.07) is 8.14. The number of aromatic amines is 1. The zero-order chi connectivity index (χ0) is 16.6. The predicted molar refractivity (Wildman–Crippen MR) is 89.4 cm³/mol. The summed E-state index contributed by atoms with van der Waals surface area (Å²) in [5, 5.41) is 9.21. The average Bonchev–Trinajstić information content (AvgIpc) is 2.95. The highest BCUT2D eigenvalue weighted by Crippen LogP contribution is 2.32. The van der Waals surface area contributed by atoms with E-state index in [1.165, 1.54) is 0 Å². The van der Waals surface area contributed by atoms with Crippen molar-refractivity contribution in [1.29, 1.82) is 5.26 Å². The summed E-state index contributed by atoms with van der Waals surface area (Å²) in [7, 11) is 1.61. The normalized spacial score (nSPS) is 11.0. The molecule has 0 aliphatic heterocycles. The van der Waals surface area contributed by atoms with Crippen LogP contribution in [0.1, 0.15) is 36.6 Å². The first kappa shape index (κ1) is 15.0. The van der Waals surface area contributed by atoms with Crippen molar-refractivity contribution in [2.45, 2.75) is 26.7 Å². The van der Waals surface area contributed by atoms with Crippen molar-refractivity contribution in [2.24, 2.45) is 0 Å². The minimum absolute atomic E-state index is 0.323. The molecule has 5 heteroatoms. The Balaban J connectivity index is 2.23. The lowest BCUT2D eigenvalue weighted by atomic mass is 10.0. The third-order valence-corrected chi connectivity index (χ3v) is 3.88. The van der Waals surface area contributed by atoms with E-state index in [0.29, 0.717) is 22.9 Å². The smallest absolute Gasteiger partial charge is 0.222 e. The first-order valence-electron chi connectivity index (χ1n) is 7.49. The van der Waals surface area contributed by atoms with Gasteiger partial charge in [0.15, 0.2) is 0 Å². The Hall–Kier alpha value is -2.87. The maximum absolute atomic E-state index is 9.21. The van der Waals surface area contributed by atoms with Gasteiger partial charge in [-0.2, -0.15) is 5.26 Å². The van der Waals surface area contributed by atoms with Gasteiger partial charge in [-0.3, -0.25) is 0 Å². The molecule has 0 amide bonds. The molecular formula is C18H18N4O. The summed E-state index contributed by atoms with van der Waals surface area (Å²) in [4.78, 5) is 12.3. The van der Waals surface area contributed by atoms with Gasteiger partial charge < -0.3 is 9.72 Å². The van der Waals surface area contributed by atoms with Gasteiger partial charge in [0.1, 0.15) is 11.6 Å². The van der Waals surface area contributed by atoms with Gasteiger partial charge >= 0.3 is 0 Å². The van der Waals surface area contributed by atoms with Crippen molar-refractivity contribution in [1.82, 2.24) is 15.0 Å². The zero-order valence-corrected chi connectivity index (χ0v) is 13.6. The van der Waals surface area contributed by atoms with Crippen LogP contribution < -0.4 is 4.74 Å². The van der Waals surface area contributed by atoms with Gasteiger partial charge in [0, 0.05) is 11.9 Å². The van der Waals surface area contributed by atoms with E-state index in [4.69, 9.17) is 4.74 Å². The molecule has 0 aliphatic rings. The number of hydrogen-bond donors (Lipinski definition) is 1. The van der Waals surface area contributed by atoms with Crippen molar-refractivity contribution < 1.29 is 4.74 Å². The molecule has 0 aliphatic carbocycles. The monoisotopic (exact) mass is 306 g/mol. The molecule has 0 aromatic carbocycles. The van der Waals surface area contributed by atoms with Crippen molar-refractivity contribution >= 4 is 11.0 Å². The Kier molecular flexibility index (Phi) is 3.75. The van der Waals surface area contributed by atoms with Crippen LogP contribution in [0.2, 0.25) is 0 Å². The van der Waals surface area contributed by atoms with Crippen LogP contribution in [0.4, 0.5) is 0 Å². The molecule has 5 nitrogen and oxygen atoms in total. The third kappa shape index (κ3) is 2.53. The number of ether oxygens (including phenoxy) is 1. The van der Waals surface area contributed by atoms with Crippen LogP contribution in [-0.2, 0) is 0 Å². The Morgan fingerprint density at radius 1 is 1.26 bits per heavy atom. The molecule has 0 spiro atoms. The number of methoxy groups -OCH3 is 1. The maximum Gasteiger partial charge on any atom is 0.222 e. The fraction of sp³-hybridized carbons (Fsp3) is 0.278. The van der Waals surface area contributed by atoms with Crippen LogP contribution >= 0.6 is 0 Å². The molecule has 23 heavy (non-hydrogen) atoms. The van der Waals surface area contributed by atoms with Crippen LogP contribution in [-0.4, -0.2) is 22.1 Å². The minimum Gasteiger partial charge on any atom is -0.480 e. The van der Waals surface area contributed by atoms with E-state index in [9.17, 15) is 5.26 Å². The molecule has 0 bridgehead atoms. The molecular weight excluding hydrogens is 288 g/mol. The van der Waals surface area contributed by atoms with E-state index < -0.39 is 0 Å². The lowest BCUT2D eigenvalue weighted by Gasteiger charge is -2.12. The van der Waals surface area contributed by atoms with Crippen LogP contribution in [0.25, 0.3) is 22.3 Å². The Morgan fingerprint density at radius 2 is 2.04 bits per heavy atom. The number of H-pyrrole nitrogens is 1. The number of pyridine rings is 2. The highest BCUT2D eigenvalue weighted by molar-refractivity contribution is 5.86. The van der Waals surface area contributed by atoms with E-state index >= 15 is 0 Å². The SMILES string of the molecule is COc1nc(C(C)C)ccc1-c1nc2c(C#N)c[nH]c2cc1C. The molecule has 116 valence electrons. The van der Waals surface area contributed by atoms with E-state index in [1.54, 1.807) is 13.3 Å². The summed E-state index contributed by atoms with van der Waals surface area (Å²) < 4.78 is 5.47. The van der Waals surface area contributed by atoms with Crippen molar-refractivity contribution in [3.05, 3.63) is 41.2 Å². The highest BCUT2D eigenvalue weighted by Gasteiger charge is 2.16. The molecule has 3 heterocycles.